The number of non-ortho nitro benzene ring substituents is 1. The molecule has 8 nitrogen and oxygen atoms in total. The first kappa shape index (κ1) is 18.4. The maximum atomic E-state index is 12.6. The highest BCUT2D eigenvalue weighted by atomic mass is 16.6. The minimum absolute atomic E-state index is 0.0636. The molecule has 3 rings (SSSR count). The van der Waals surface area contributed by atoms with E-state index in [-0.39, 0.29) is 18.1 Å². The highest BCUT2D eigenvalue weighted by Gasteiger charge is 2.19. The van der Waals surface area contributed by atoms with E-state index >= 15 is 0 Å². The molecule has 2 N–H and O–H groups in total. The average molecular weight is 370 g/mol. The van der Waals surface area contributed by atoms with Crippen molar-refractivity contribution in [3.63, 3.8) is 0 Å². The first-order chi connectivity index (χ1) is 13.0. The van der Waals surface area contributed by atoms with E-state index in [1.54, 1.807) is 37.6 Å². The smallest absolute Gasteiger partial charge is 0.279 e. The Labute approximate surface area is 155 Å². The van der Waals surface area contributed by atoms with Crippen LogP contribution in [0.2, 0.25) is 0 Å². The molecule has 27 heavy (non-hydrogen) atoms. The normalized spacial score (nSPS) is 10.9. The van der Waals surface area contributed by atoms with Gasteiger partial charge in [0, 0.05) is 12.1 Å². The van der Waals surface area contributed by atoms with E-state index in [0.717, 1.165) is 22.0 Å². The molecule has 0 aliphatic rings. The van der Waals surface area contributed by atoms with Gasteiger partial charge in [0.15, 0.2) is 18.1 Å². The van der Waals surface area contributed by atoms with Crippen molar-refractivity contribution in [2.45, 2.75) is 20.0 Å². The molecule has 0 radical (unpaired) electrons. The molecule has 140 valence electrons. The monoisotopic (exact) mass is 370 g/mol. The number of hydrogen-bond acceptors (Lipinski definition) is 5. The Balaban J connectivity index is 1.70. The number of nitro benzene ring substituents is 1. The topological polar surface area (TPSA) is 103 Å². The summed E-state index contributed by atoms with van der Waals surface area (Å²) in [7, 11) is 0. The Bertz CT molecular complexity index is 867. The number of rotatable bonds is 8. The van der Waals surface area contributed by atoms with Crippen LogP contribution in [-0.4, -0.2) is 17.4 Å². The molecule has 0 spiro atoms. The fraction of sp³-hybridized carbons (Fsp3) is 0.211. The third-order valence-corrected chi connectivity index (χ3v) is 4.13. The van der Waals surface area contributed by atoms with E-state index in [0.29, 0.717) is 18.8 Å². The number of quaternary nitrogens is 1. The first-order valence-corrected chi connectivity index (χ1v) is 8.44. The Kier molecular flexibility index (Phi) is 5.68. The van der Waals surface area contributed by atoms with E-state index in [4.69, 9.17) is 8.83 Å². The molecule has 1 amide bonds. The van der Waals surface area contributed by atoms with Crippen LogP contribution in [0.3, 0.4) is 0 Å². The maximum Gasteiger partial charge on any atom is 0.279 e. The molecule has 3 aromatic rings. The molecule has 0 aliphatic carbocycles. The quantitative estimate of drug-likeness (QED) is 0.468. The van der Waals surface area contributed by atoms with Crippen LogP contribution in [0.25, 0.3) is 0 Å². The number of benzene rings is 1. The highest BCUT2D eigenvalue weighted by molar-refractivity contribution is 5.92. The number of furan rings is 2. The molecule has 1 aromatic carbocycles. The molecule has 0 bridgehead atoms. The molecular formula is C19H20N3O5+. The molecule has 0 atom stereocenters. The molecule has 0 fully saturated rings. The molecular weight excluding hydrogens is 350 g/mol. The van der Waals surface area contributed by atoms with E-state index in [2.05, 4.69) is 5.32 Å². The van der Waals surface area contributed by atoms with Crippen molar-refractivity contribution in [3.8, 4) is 0 Å². The fourth-order valence-electron chi connectivity index (χ4n) is 2.79. The number of nitrogens with zero attached hydrogens (tertiary/aromatic N) is 1. The third-order valence-electron chi connectivity index (χ3n) is 4.13. The van der Waals surface area contributed by atoms with Gasteiger partial charge in [-0.2, -0.15) is 0 Å². The highest BCUT2D eigenvalue weighted by Crippen LogP contribution is 2.21. The van der Waals surface area contributed by atoms with Crippen molar-refractivity contribution in [1.82, 2.24) is 0 Å². The predicted octanol–water partition coefficient (Wildman–Crippen LogP) is 2.31. The minimum atomic E-state index is -0.486. The zero-order chi connectivity index (χ0) is 19.2. The van der Waals surface area contributed by atoms with Gasteiger partial charge in [0.25, 0.3) is 11.6 Å². The van der Waals surface area contributed by atoms with Crippen molar-refractivity contribution in [3.05, 3.63) is 82.2 Å². The van der Waals surface area contributed by atoms with Crippen molar-refractivity contribution in [2.24, 2.45) is 0 Å². The van der Waals surface area contributed by atoms with Crippen LogP contribution in [0.4, 0.5) is 11.4 Å². The van der Waals surface area contributed by atoms with Gasteiger partial charge in [-0.25, -0.2) is 0 Å². The van der Waals surface area contributed by atoms with E-state index in [1.807, 2.05) is 12.1 Å². The predicted molar refractivity (Wildman–Crippen MR) is 97.1 cm³/mol. The second kappa shape index (κ2) is 8.33. The Morgan fingerprint density at radius 3 is 2.26 bits per heavy atom. The van der Waals surface area contributed by atoms with Crippen LogP contribution in [0, 0.1) is 17.0 Å². The van der Waals surface area contributed by atoms with Gasteiger partial charge < -0.3 is 19.1 Å². The number of nitrogens with one attached hydrogen (secondary N) is 2. The molecule has 0 saturated heterocycles. The minimum Gasteiger partial charge on any atom is -0.463 e. The summed E-state index contributed by atoms with van der Waals surface area (Å²) in [6.45, 7) is 2.96. The van der Waals surface area contributed by atoms with Gasteiger partial charge in [0.2, 0.25) is 0 Å². The largest absolute Gasteiger partial charge is 0.463 e. The molecule has 0 unspecified atom stereocenters. The Morgan fingerprint density at radius 2 is 1.74 bits per heavy atom. The van der Waals surface area contributed by atoms with Gasteiger partial charge >= 0.3 is 0 Å². The van der Waals surface area contributed by atoms with Crippen LogP contribution in [0.1, 0.15) is 17.1 Å². The fourth-order valence-corrected chi connectivity index (χ4v) is 2.79. The summed E-state index contributed by atoms with van der Waals surface area (Å²) in [5.74, 6) is 1.28. The molecule has 2 heterocycles. The number of hydrogen-bond donors (Lipinski definition) is 2. The van der Waals surface area contributed by atoms with Crippen molar-refractivity contribution >= 4 is 17.3 Å². The summed E-state index contributed by atoms with van der Waals surface area (Å²) in [5, 5.41) is 13.7. The van der Waals surface area contributed by atoms with E-state index < -0.39 is 4.92 Å². The van der Waals surface area contributed by atoms with E-state index in [1.165, 1.54) is 12.1 Å². The summed E-state index contributed by atoms with van der Waals surface area (Å²) in [5.41, 5.74) is 1.13. The van der Waals surface area contributed by atoms with Crippen LogP contribution in [0.5, 0.6) is 0 Å². The summed E-state index contributed by atoms with van der Waals surface area (Å²) >= 11 is 0. The lowest BCUT2D eigenvalue weighted by molar-refractivity contribution is -0.921. The number of anilines is 1. The standard InChI is InChI=1S/C19H19N3O5/c1-14-6-7-15(22(24)25)10-18(14)20-19(23)13-21(11-16-4-2-8-26-16)12-17-5-3-9-27-17/h2-10H,11-13H2,1H3,(H,20,23)/p+1. The van der Waals surface area contributed by atoms with E-state index in [9.17, 15) is 14.9 Å². The van der Waals surface area contributed by atoms with Crippen LogP contribution >= 0.6 is 0 Å². The summed E-state index contributed by atoms with van der Waals surface area (Å²) in [6, 6.07) is 11.7. The van der Waals surface area contributed by atoms with Crippen LogP contribution in [0.15, 0.2) is 63.8 Å². The molecule has 8 heteroatoms. The van der Waals surface area contributed by atoms with Crippen molar-refractivity contribution in [1.29, 1.82) is 0 Å². The Morgan fingerprint density at radius 1 is 1.11 bits per heavy atom. The average Bonchev–Trinajstić information content (AvgIpc) is 3.30. The lowest BCUT2D eigenvalue weighted by Gasteiger charge is -2.17. The number of aryl methyl sites for hydroxylation is 1. The van der Waals surface area contributed by atoms with Crippen molar-refractivity contribution < 1.29 is 23.5 Å². The first-order valence-electron chi connectivity index (χ1n) is 8.44. The summed E-state index contributed by atoms with van der Waals surface area (Å²) in [4.78, 5) is 23.9. The zero-order valence-corrected chi connectivity index (χ0v) is 14.8. The van der Waals surface area contributed by atoms with Gasteiger partial charge in [-0.3, -0.25) is 14.9 Å². The lowest BCUT2D eigenvalue weighted by Crippen LogP contribution is -3.10. The van der Waals surface area contributed by atoms with Gasteiger partial charge in [0.05, 0.1) is 23.1 Å². The van der Waals surface area contributed by atoms with Gasteiger partial charge in [-0.1, -0.05) is 6.07 Å². The second-order valence-corrected chi connectivity index (χ2v) is 6.24. The number of carbonyl (C=O) groups is 1. The molecule has 0 aliphatic heterocycles. The van der Waals surface area contributed by atoms with Gasteiger partial charge in [-0.05, 0) is 36.8 Å². The third kappa shape index (κ3) is 5.05. The molecule has 2 aromatic heterocycles. The second-order valence-electron chi connectivity index (χ2n) is 6.24. The Hall–Kier alpha value is -3.39. The SMILES string of the molecule is Cc1ccc([N+](=O)[O-])cc1NC(=O)C[NH+](Cc1ccco1)Cc1ccco1. The van der Waals surface area contributed by atoms with Gasteiger partial charge in [0.1, 0.15) is 13.1 Å². The lowest BCUT2D eigenvalue weighted by atomic mass is 10.2. The summed E-state index contributed by atoms with van der Waals surface area (Å²) < 4.78 is 10.8. The zero-order valence-electron chi connectivity index (χ0n) is 14.8. The van der Waals surface area contributed by atoms with Crippen LogP contribution in [-0.2, 0) is 17.9 Å². The summed E-state index contributed by atoms with van der Waals surface area (Å²) in [6.07, 6.45) is 3.18. The van der Waals surface area contributed by atoms with Crippen molar-refractivity contribution in [2.75, 3.05) is 11.9 Å². The van der Waals surface area contributed by atoms with Crippen LogP contribution < -0.4 is 10.2 Å². The van der Waals surface area contributed by atoms with Gasteiger partial charge in [-0.15, -0.1) is 0 Å². The number of nitro groups is 1. The molecule has 0 saturated carbocycles. The number of amides is 1. The maximum absolute atomic E-state index is 12.6. The number of carbonyl (C=O) groups excluding carboxylic acids is 1.